The molecule has 2 heterocycles. The third-order valence-corrected chi connectivity index (χ3v) is 4.86. The number of ether oxygens (including phenoxy) is 1. The third kappa shape index (κ3) is 6.88. The number of guanidine groups is 1. The van der Waals surface area contributed by atoms with E-state index in [4.69, 9.17) is 9.15 Å². The first-order valence-electron chi connectivity index (χ1n) is 9.80. The van der Waals surface area contributed by atoms with Crippen LogP contribution in [0.5, 0.6) is 5.75 Å². The van der Waals surface area contributed by atoms with Crippen LogP contribution in [0.4, 0.5) is 4.39 Å². The van der Waals surface area contributed by atoms with Crippen molar-refractivity contribution >= 4 is 29.9 Å². The van der Waals surface area contributed by atoms with E-state index in [1.165, 1.54) is 18.9 Å². The van der Waals surface area contributed by atoms with Crippen LogP contribution in [-0.4, -0.2) is 50.2 Å². The molecule has 1 aliphatic heterocycles. The molecule has 1 saturated heterocycles. The van der Waals surface area contributed by atoms with E-state index in [0.717, 1.165) is 18.8 Å². The Morgan fingerprint density at radius 2 is 1.90 bits per heavy atom. The molecule has 160 valence electrons. The number of benzene rings is 1. The normalized spacial score (nSPS) is 16.7. The number of likely N-dealkylation sites (tertiary alicyclic amines) is 1. The number of halogens is 2. The van der Waals surface area contributed by atoms with Crippen LogP contribution in [-0.2, 0) is 0 Å². The number of aliphatic imine (C=N–C) groups is 1. The van der Waals surface area contributed by atoms with E-state index in [1.807, 2.05) is 19.1 Å². The first-order chi connectivity index (χ1) is 13.7. The Balaban J connectivity index is 0.00000300. The number of para-hydroxylation sites is 1. The zero-order valence-corrected chi connectivity index (χ0v) is 19.3. The van der Waals surface area contributed by atoms with Gasteiger partial charge in [0.15, 0.2) is 17.5 Å². The zero-order chi connectivity index (χ0) is 19.8. The van der Waals surface area contributed by atoms with Gasteiger partial charge >= 0.3 is 0 Å². The summed E-state index contributed by atoms with van der Waals surface area (Å²) in [5, 5.41) is 6.62. The lowest BCUT2D eigenvalue weighted by Crippen LogP contribution is -2.45. The van der Waals surface area contributed by atoms with Gasteiger partial charge in [-0.1, -0.05) is 12.1 Å². The molecular weight excluding hydrogens is 486 g/mol. The summed E-state index contributed by atoms with van der Waals surface area (Å²) in [6.45, 7) is 5.24. The zero-order valence-electron chi connectivity index (χ0n) is 16.9. The summed E-state index contributed by atoms with van der Waals surface area (Å²) in [7, 11) is 1.73. The van der Waals surface area contributed by atoms with Crippen LogP contribution < -0.4 is 15.4 Å². The van der Waals surface area contributed by atoms with Gasteiger partial charge in [0, 0.05) is 13.6 Å². The topological polar surface area (TPSA) is 62.0 Å². The average molecular weight is 516 g/mol. The summed E-state index contributed by atoms with van der Waals surface area (Å²) in [5.74, 6) is 1.54. The SMILES string of the molecule is CN=C(NCC(C)Oc1ccccc1F)NCC(c1ccco1)N1CCCC1.I. The molecule has 0 aliphatic carbocycles. The first-order valence-corrected chi connectivity index (χ1v) is 9.80. The third-order valence-electron chi connectivity index (χ3n) is 4.86. The molecule has 0 bridgehead atoms. The fourth-order valence-corrected chi connectivity index (χ4v) is 3.40. The van der Waals surface area contributed by atoms with Crippen LogP contribution in [0.25, 0.3) is 0 Å². The summed E-state index contributed by atoms with van der Waals surface area (Å²) >= 11 is 0. The van der Waals surface area contributed by atoms with E-state index < -0.39 is 0 Å². The molecule has 3 rings (SSSR count). The maximum atomic E-state index is 13.7. The number of furan rings is 1. The lowest BCUT2D eigenvalue weighted by Gasteiger charge is -2.27. The lowest BCUT2D eigenvalue weighted by molar-refractivity contribution is 0.210. The van der Waals surface area contributed by atoms with Gasteiger partial charge in [0.1, 0.15) is 11.9 Å². The van der Waals surface area contributed by atoms with Crippen molar-refractivity contribution in [2.45, 2.75) is 31.9 Å². The summed E-state index contributed by atoms with van der Waals surface area (Å²) in [6, 6.07) is 10.5. The summed E-state index contributed by atoms with van der Waals surface area (Å²) in [6.07, 6.45) is 3.94. The van der Waals surface area contributed by atoms with Gasteiger partial charge in [-0.2, -0.15) is 0 Å². The molecular formula is C21H30FIN4O2. The van der Waals surface area contributed by atoms with Crippen LogP contribution in [0.15, 0.2) is 52.1 Å². The van der Waals surface area contributed by atoms with Gasteiger partial charge in [0.05, 0.1) is 18.8 Å². The minimum absolute atomic E-state index is 0. The van der Waals surface area contributed by atoms with Crippen LogP contribution in [0.1, 0.15) is 31.6 Å². The number of nitrogens with zero attached hydrogens (tertiary/aromatic N) is 2. The molecule has 2 aromatic rings. The molecule has 1 fully saturated rings. The second-order valence-electron chi connectivity index (χ2n) is 6.97. The summed E-state index contributed by atoms with van der Waals surface area (Å²) in [4.78, 5) is 6.71. The number of rotatable bonds is 8. The Labute approximate surface area is 188 Å². The van der Waals surface area contributed by atoms with E-state index in [0.29, 0.717) is 19.0 Å². The van der Waals surface area contributed by atoms with Crippen LogP contribution >= 0.6 is 24.0 Å². The van der Waals surface area contributed by atoms with E-state index in [2.05, 4.69) is 20.5 Å². The van der Waals surface area contributed by atoms with Crippen molar-refractivity contribution in [3.8, 4) is 5.75 Å². The smallest absolute Gasteiger partial charge is 0.191 e. The average Bonchev–Trinajstić information content (AvgIpc) is 3.41. The molecule has 0 amide bonds. The Hall–Kier alpha value is -1.81. The highest BCUT2D eigenvalue weighted by atomic mass is 127. The van der Waals surface area contributed by atoms with Crippen molar-refractivity contribution in [3.05, 3.63) is 54.2 Å². The van der Waals surface area contributed by atoms with E-state index >= 15 is 0 Å². The molecule has 0 spiro atoms. The second-order valence-corrected chi connectivity index (χ2v) is 6.97. The first kappa shape index (κ1) is 23.5. The minimum atomic E-state index is -0.358. The molecule has 0 saturated carbocycles. The molecule has 2 unspecified atom stereocenters. The number of nitrogens with one attached hydrogen (secondary N) is 2. The van der Waals surface area contributed by atoms with Gasteiger partial charge in [0.2, 0.25) is 0 Å². The predicted molar refractivity (Wildman–Crippen MR) is 124 cm³/mol. The molecule has 1 aromatic heterocycles. The molecule has 6 nitrogen and oxygen atoms in total. The Kier molecular flexibility index (Phi) is 9.72. The molecule has 2 atom stereocenters. The van der Waals surface area contributed by atoms with Gasteiger partial charge in [-0.05, 0) is 57.1 Å². The standard InChI is InChI=1S/C21H29FN4O2.HI/c1-16(28-19-9-4-3-8-17(19)22)14-24-21(23-2)25-15-18(20-10-7-13-27-20)26-11-5-6-12-26;/h3-4,7-10,13,16,18H,5-6,11-12,14-15H2,1-2H3,(H2,23,24,25);1H. The van der Waals surface area contributed by atoms with Crippen molar-refractivity contribution in [1.82, 2.24) is 15.5 Å². The van der Waals surface area contributed by atoms with Crippen molar-refractivity contribution in [2.24, 2.45) is 4.99 Å². The van der Waals surface area contributed by atoms with Crippen molar-refractivity contribution < 1.29 is 13.5 Å². The van der Waals surface area contributed by atoms with Crippen molar-refractivity contribution in [2.75, 3.05) is 33.2 Å². The van der Waals surface area contributed by atoms with Crippen LogP contribution in [0.3, 0.4) is 0 Å². The quantitative estimate of drug-likeness (QED) is 0.318. The highest BCUT2D eigenvalue weighted by molar-refractivity contribution is 14.0. The van der Waals surface area contributed by atoms with Gasteiger partial charge in [-0.25, -0.2) is 4.39 Å². The van der Waals surface area contributed by atoms with Crippen molar-refractivity contribution in [3.63, 3.8) is 0 Å². The fraction of sp³-hybridized carbons (Fsp3) is 0.476. The van der Waals surface area contributed by atoms with Crippen LogP contribution in [0.2, 0.25) is 0 Å². The molecule has 1 aromatic carbocycles. The summed E-state index contributed by atoms with van der Waals surface area (Å²) < 4.78 is 25.0. The molecule has 1 aliphatic rings. The van der Waals surface area contributed by atoms with Gasteiger partial charge in [0.25, 0.3) is 0 Å². The lowest BCUT2D eigenvalue weighted by atomic mass is 10.2. The highest BCUT2D eigenvalue weighted by Crippen LogP contribution is 2.24. The van der Waals surface area contributed by atoms with Crippen LogP contribution in [0, 0.1) is 5.82 Å². The molecule has 29 heavy (non-hydrogen) atoms. The van der Waals surface area contributed by atoms with E-state index in [-0.39, 0.29) is 47.7 Å². The van der Waals surface area contributed by atoms with E-state index in [1.54, 1.807) is 31.5 Å². The maximum Gasteiger partial charge on any atom is 0.191 e. The minimum Gasteiger partial charge on any atom is -0.486 e. The van der Waals surface area contributed by atoms with E-state index in [9.17, 15) is 4.39 Å². The largest absolute Gasteiger partial charge is 0.486 e. The monoisotopic (exact) mass is 516 g/mol. The maximum absolute atomic E-state index is 13.7. The highest BCUT2D eigenvalue weighted by Gasteiger charge is 2.25. The Morgan fingerprint density at radius 3 is 2.55 bits per heavy atom. The van der Waals surface area contributed by atoms with Gasteiger partial charge in [-0.15, -0.1) is 24.0 Å². The second kappa shape index (κ2) is 12.0. The number of hydrogen-bond donors (Lipinski definition) is 2. The van der Waals surface area contributed by atoms with Gasteiger partial charge < -0.3 is 19.8 Å². The van der Waals surface area contributed by atoms with Crippen molar-refractivity contribution in [1.29, 1.82) is 0 Å². The Morgan fingerprint density at radius 1 is 1.17 bits per heavy atom. The fourth-order valence-electron chi connectivity index (χ4n) is 3.40. The molecule has 2 N–H and O–H groups in total. The predicted octanol–water partition coefficient (Wildman–Crippen LogP) is 3.81. The number of hydrogen-bond acceptors (Lipinski definition) is 4. The molecule has 8 heteroatoms. The molecule has 0 radical (unpaired) electrons. The van der Waals surface area contributed by atoms with Gasteiger partial charge in [-0.3, -0.25) is 9.89 Å². The summed E-state index contributed by atoms with van der Waals surface area (Å²) in [5.41, 5.74) is 0. The Bertz CT molecular complexity index is 751.